The second kappa shape index (κ2) is 6.45. The van der Waals surface area contributed by atoms with Gasteiger partial charge in [-0.15, -0.1) is 0 Å². The predicted octanol–water partition coefficient (Wildman–Crippen LogP) is 3.09. The fourth-order valence-corrected chi connectivity index (χ4v) is 5.57. The first-order valence-electron chi connectivity index (χ1n) is 9.35. The number of carbonyl (C=O) groups is 2. The van der Waals surface area contributed by atoms with Gasteiger partial charge >= 0.3 is 0 Å². The first kappa shape index (κ1) is 16.6. The highest BCUT2D eigenvalue weighted by atomic mass is 16.5. The summed E-state index contributed by atoms with van der Waals surface area (Å²) in [4.78, 5) is 24.4. The summed E-state index contributed by atoms with van der Waals surface area (Å²) in [5.74, 6) is 2.89. The molecule has 4 bridgehead atoms. The highest BCUT2D eigenvalue weighted by molar-refractivity contribution is 5.93. The first-order chi connectivity index (χ1) is 12.0. The van der Waals surface area contributed by atoms with E-state index in [9.17, 15) is 9.59 Å². The zero-order valence-electron chi connectivity index (χ0n) is 14.6. The van der Waals surface area contributed by atoms with Crippen LogP contribution in [0.3, 0.4) is 0 Å². The topological polar surface area (TPSA) is 69.6 Å². The van der Waals surface area contributed by atoms with Crippen LogP contribution in [0.4, 0.5) is 5.69 Å². The largest absolute Gasteiger partial charge is 0.326 e. The maximum atomic E-state index is 12.8. The molecule has 2 N–H and O–H groups in total. The van der Waals surface area contributed by atoms with E-state index in [4.69, 9.17) is 5.21 Å². The third-order valence-electron chi connectivity index (χ3n) is 6.47. The van der Waals surface area contributed by atoms with E-state index in [0.717, 1.165) is 23.1 Å². The van der Waals surface area contributed by atoms with Crippen molar-refractivity contribution in [2.75, 3.05) is 12.4 Å². The molecule has 4 fully saturated rings. The molecular formula is C20H26N2O3. The minimum absolute atomic E-state index is 0.150. The number of amides is 2. The average molecular weight is 342 g/mol. The van der Waals surface area contributed by atoms with E-state index in [0.29, 0.717) is 16.9 Å². The van der Waals surface area contributed by atoms with Crippen molar-refractivity contribution in [3.63, 3.8) is 0 Å². The molecule has 134 valence electrons. The Balaban J connectivity index is 1.39. The van der Waals surface area contributed by atoms with E-state index in [1.54, 1.807) is 0 Å². The molecule has 0 saturated heterocycles. The molecule has 0 radical (unpaired) electrons. The van der Waals surface area contributed by atoms with Gasteiger partial charge in [0.2, 0.25) is 11.8 Å². The van der Waals surface area contributed by atoms with Crippen molar-refractivity contribution in [1.29, 1.82) is 0 Å². The smallest absolute Gasteiger partial charge is 0.250 e. The molecule has 25 heavy (non-hydrogen) atoms. The number of likely N-dealkylation sites (N-methyl/N-ethyl adjacent to an activating group) is 1. The molecule has 5 heteroatoms. The lowest BCUT2D eigenvalue weighted by atomic mass is 9.51. The fourth-order valence-electron chi connectivity index (χ4n) is 5.57. The van der Waals surface area contributed by atoms with E-state index in [2.05, 4.69) is 5.32 Å². The summed E-state index contributed by atoms with van der Waals surface area (Å²) in [6.45, 7) is 0. The van der Waals surface area contributed by atoms with Crippen molar-refractivity contribution in [3.05, 3.63) is 29.8 Å². The Bertz CT molecular complexity index is 640. The molecule has 0 heterocycles. The molecule has 0 aliphatic heterocycles. The van der Waals surface area contributed by atoms with Crippen LogP contribution in [-0.2, 0) is 16.0 Å². The third-order valence-corrected chi connectivity index (χ3v) is 6.47. The molecule has 2 amide bonds. The zero-order chi connectivity index (χ0) is 17.6. The van der Waals surface area contributed by atoms with Gasteiger partial charge in [0.05, 0.1) is 6.42 Å². The summed E-state index contributed by atoms with van der Waals surface area (Å²) in [6, 6.07) is 7.34. The lowest BCUT2D eigenvalue weighted by Gasteiger charge is -2.53. The fraction of sp³-hybridized carbons (Fsp3) is 0.600. The first-order valence-corrected chi connectivity index (χ1v) is 9.35. The number of nitrogens with one attached hydrogen (secondary N) is 1. The van der Waals surface area contributed by atoms with E-state index < -0.39 is 0 Å². The molecule has 5 rings (SSSR count). The normalized spacial score (nSPS) is 32.5. The van der Waals surface area contributed by atoms with Gasteiger partial charge in [0.25, 0.3) is 0 Å². The molecule has 4 aliphatic carbocycles. The molecule has 4 aliphatic rings. The molecule has 1 aromatic carbocycles. The van der Waals surface area contributed by atoms with Gasteiger partial charge in [-0.1, -0.05) is 12.1 Å². The molecule has 0 atom stereocenters. The Labute approximate surface area is 148 Å². The quantitative estimate of drug-likeness (QED) is 0.652. The van der Waals surface area contributed by atoms with Gasteiger partial charge in [0, 0.05) is 18.7 Å². The van der Waals surface area contributed by atoms with Crippen molar-refractivity contribution in [2.45, 2.75) is 38.5 Å². The summed E-state index contributed by atoms with van der Waals surface area (Å²) in [7, 11) is 1.32. The summed E-state index contributed by atoms with van der Waals surface area (Å²) < 4.78 is 0. The minimum Gasteiger partial charge on any atom is -0.326 e. The van der Waals surface area contributed by atoms with Gasteiger partial charge in [0.1, 0.15) is 0 Å². The van der Waals surface area contributed by atoms with Gasteiger partial charge in [-0.25, -0.2) is 5.06 Å². The van der Waals surface area contributed by atoms with Crippen molar-refractivity contribution in [1.82, 2.24) is 5.06 Å². The summed E-state index contributed by atoms with van der Waals surface area (Å²) >= 11 is 0. The second-order valence-corrected chi connectivity index (χ2v) is 8.24. The Morgan fingerprint density at radius 3 is 2.12 bits per heavy atom. The van der Waals surface area contributed by atoms with Crippen molar-refractivity contribution >= 4 is 17.5 Å². The average Bonchev–Trinajstić information content (AvgIpc) is 2.55. The number of hydroxylamine groups is 2. The standard InChI is InChI=1S/C20H26N2O3/c1-22(25)18(23)11-12-2-4-17(5-3-12)21-20(24)19-15-7-13-6-14(9-15)10-16(19)8-13/h2-5,13-16,19,25H,6-11H2,1H3,(H,21,24). The summed E-state index contributed by atoms with van der Waals surface area (Å²) in [5.41, 5.74) is 1.60. The van der Waals surface area contributed by atoms with Crippen LogP contribution in [-0.4, -0.2) is 29.1 Å². The van der Waals surface area contributed by atoms with Gasteiger partial charge in [0.15, 0.2) is 0 Å². The lowest BCUT2D eigenvalue weighted by molar-refractivity contribution is -0.158. The molecule has 5 nitrogen and oxygen atoms in total. The highest BCUT2D eigenvalue weighted by Gasteiger charge is 2.50. The van der Waals surface area contributed by atoms with Gasteiger partial charge < -0.3 is 5.32 Å². The van der Waals surface area contributed by atoms with Gasteiger partial charge in [-0.2, -0.15) is 0 Å². The number of hydrogen-bond acceptors (Lipinski definition) is 3. The molecule has 0 unspecified atom stereocenters. The van der Waals surface area contributed by atoms with E-state index in [1.165, 1.54) is 39.2 Å². The molecule has 0 spiro atoms. The third kappa shape index (κ3) is 3.30. The maximum Gasteiger partial charge on any atom is 0.250 e. The number of hydrogen-bond donors (Lipinski definition) is 2. The monoisotopic (exact) mass is 342 g/mol. The number of anilines is 1. The van der Waals surface area contributed by atoms with Crippen LogP contribution in [0.2, 0.25) is 0 Å². The summed E-state index contributed by atoms with van der Waals surface area (Å²) in [6.07, 6.45) is 6.49. The Morgan fingerprint density at radius 1 is 1.04 bits per heavy atom. The number of benzene rings is 1. The van der Waals surface area contributed by atoms with Gasteiger partial charge in [-0.05, 0) is 73.5 Å². The number of carbonyl (C=O) groups excluding carboxylic acids is 2. The predicted molar refractivity (Wildman–Crippen MR) is 93.9 cm³/mol. The lowest BCUT2D eigenvalue weighted by Crippen LogP contribution is -2.49. The SMILES string of the molecule is CN(O)C(=O)Cc1ccc(NC(=O)C2C3CC4CC(C3)CC2C4)cc1. The molecule has 1 aromatic rings. The van der Waals surface area contributed by atoms with E-state index in [-0.39, 0.29) is 24.2 Å². The molecule has 0 aromatic heterocycles. The van der Waals surface area contributed by atoms with Crippen LogP contribution in [0.15, 0.2) is 24.3 Å². The van der Waals surface area contributed by atoms with Crippen LogP contribution in [0, 0.1) is 29.6 Å². The number of rotatable bonds is 4. The Kier molecular flexibility index (Phi) is 4.28. The van der Waals surface area contributed by atoms with Crippen LogP contribution >= 0.6 is 0 Å². The van der Waals surface area contributed by atoms with Crippen LogP contribution in [0.1, 0.15) is 37.7 Å². The van der Waals surface area contributed by atoms with Crippen molar-refractivity contribution in [2.24, 2.45) is 29.6 Å². The Hall–Kier alpha value is -1.88. The van der Waals surface area contributed by atoms with Gasteiger partial charge in [-0.3, -0.25) is 14.8 Å². The Morgan fingerprint density at radius 2 is 1.60 bits per heavy atom. The molecule has 4 saturated carbocycles. The minimum atomic E-state index is -0.356. The van der Waals surface area contributed by atoms with Crippen LogP contribution < -0.4 is 5.32 Å². The van der Waals surface area contributed by atoms with Crippen molar-refractivity contribution in [3.8, 4) is 0 Å². The zero-order valence-corrected chi connectivity index (χ0v) is 14.6. The van der Waals surface area contributed by atoms with Crippen molar-refractivity contribution < 1.29 is 14.8 Å². The highest BCUT2D eigenvalue weighted by Crippen LogP contribution is 2.56. The maximum absolute atomic E-state index is 12.8. The van der Waals surface area contributed by atoms with Crippen LogP contribution in [0.5, 0.6) is 0 Å². The summed E-state index contributed by atoms with van der Waals surface area (Å²) in [5, 5.41) is 12.8. The van der Waals surface area contributed by atoms with E-state index in [1.807, 2.05) is 24.3 Å². The molecular weight excluding hydrogens is 316 g/mol. The van der Waals surface area contributed by atoms with E-state index >= 15 is 0 Å². The van der Waals surface area contributed by atoms with Crippen LogP contribution in [0.25, 0.3) is 0 Å². The second-order valence-electron chi connectivity index (χ2n) is 8.24. The number of nitrogens with zero attached hydrogens (tertiary/aromatic N) is 1.